The molecule has 25 heavy (non-hydrogen) atoms. The fourth-order valence-electron chi connectivity index (χ4n) is 3.50. The van der Waals surface area contributed by atoms with E-state index < -0.39 is 0 Å². The Labute approximate surface area is 148 Å². The van der Waals surface area contributed by atoms with Gasteiger partial charge in [0.05, 0.1) is 6.61 Å². The molecule has 2 aliphatic heterocycles. The van der Waals surface area contributed by atoms with E-state index in [-0.39, 0.29) is 11.8 Å². The van der Waals surface area contributed by atoms with Gasteiger partial charge in [-0.2, -0.15) is 0 Å². The molecule has 1 aromatic carbocycles. The minimum atomic E-state index is -0.129. The Bertz CT molecular complexity index is 555. The monoisotopic (exact) mass is 349 g/mol. The summed E-state index contributed by atoms with van der Waals surface area (Å²) in [6.07, 6.45) is 3.09. The van der Waals surface area contributed by atoms with Crippen LogP contribution in [-0.2, 0) is 11.3 Å². The topological polar surface area (TPSA) is 53.6 Å². The molecule has 0 bridgehead atoms. The number of likely N-dealkylation sites (tertiary alicyclic amines) is 1. The van der Waals surface area contributed by atoms with Crippen LogP contribution in [0.15, 0.2) is 24.3 Å². The third-order valence-corrected chi connectivity index (χ3v) is 5.19. The molecule has 0 radical (unpaired) electrons. The molecule has 2 amide bonds. The van der Waals surface area contributed by atoms with Crippen molar-refractivity contribution in [1.82, 2.24) is 15.5 Å². The highest BCUT2D eigenvalue weighted by molar-refractivity contribution is 5.73. The molecule has 0 aromatic heterocycles. The van der Waals surface area contributed by atoms with E-state index in [1.807, 2.05) is 12.1 Å². The fourth-order valence-corrected chi connectivity index (χ4v) is 3.50. The predicted molar refractivity (Wildman–Crippen MR) is 94.7 cm³/mol. The van der Waals surface area contributed by atoms with Crippen molar-refractivity contribution >= 4 is 6.03 Å². The maximum absolute atomic E-state index is 13.7. The van der Waals surface area contributed by atoms with Gasteiger partial charge in [0.1, 0.15) is 5.82 Å². The molecule has 2 fully saturated rings. The SMILES string of the molecule is O=C(NCC1CCN(Cc2ccccc2F)CC1)NC[C@@H]1CCOC1. The van der Waals surface area contributed by atoms with Crippen LogP contribution in [0.1, 0.15) is 24.8 Å². The first-order chi connectivity index (χ1) is 12.2. The van der Waals surface area contributed by atoms with Crippen molar-refractivity contribution in [3.63, 3.8) is 0 Å². The number of carbonyl (C=O) groups is 1. The van der Waals surface area contributed by atoms with Gasteiger partial charge in [-0.25, -0.2) is 9.18 Å². The van der Waals surface area contributed by atoms with E-state index in [9.17, 15) is 9.18 Å². The molecule has 0 spiro atoms. The second-order valence-corrected chi connectivity index (χ2v) is 7.13. The number of rotatable bonds is 6. The summed E-state index contributed by atoms with van der Waals surface area (Å²) in [6.45, 7) is 5.51. The lowest BCUT2D eigenvalue weighted by Gasteiger charge is -2.32. The largest absolute Gasteiger partial charge is 0.381 e. The smallest absolute Gasteiger partial charge is 0.314 e. The van der Waals surface area contributed by atoms with Gasteiger partial charge in [0.15, 0.2) is 0 Å². The number of ether oxygens (including phenoxy) is 1. The minimum Gasteiger partial charge on any atom is -0.381 e. The number of hydrogen-bond acceptors (Lipinski definition) is 3. The van der Waals surface area contributed by atoms with Crippen LogP contribution in [0.2, 0.25) is 0 Å². The molecule has 2 aliphatic rings. The highest BCUT2D eigenvalue weighted by atomic mass is 19.1. The quantitative estimate of drug-likeness (QED) is 0.829. The fraction of sp³-hybridized carbons (Fsp3) is 0.632. The van der Waals surface area contributed by atoms with Crippen molar-refractivity contribution in [2.24, 2.45) is 11.8 Å². The van der Waals surface area contributed by atoms with E-state index in [2.05, 4.69) is 15.5 Å². The number of benzene rings is 1. The summed E-state index contributed by atoms with van der Waals surface area (Å²) in [6, 6.07) is 6.89. The molecule has 2 N–H and O–H groups in total. The van der Waals surface area contributed by atoms with E-state index in [1.54, 1.807) is 6.07 Å². The van der Waals surface area contributed by atoms with Gasteiger partial charge >= 0.3 is 6.03 Å². The van der Waals surface area contributed by atoms with Gasteiger partial charge in [-0.3, -0.25) is 4.90 Å². The molecular weight excluding hydrogens is 321 g/mol. The lowest BCUT2D eigenvalue weighted by molar-refractivity contribution is 0.172. The molecule has 1 atom stereocenters. The van der Waals surface area contributed by atoms with E-state index in [0.717, 1.165) is 51.1 Å². The first-order valence-corrected chi connectivity index (χ1v) is 9.26. The molecule has 2 saturated heterocycles. The highest BCUT2D eigenvalue weighted by Gasteiger charge is 2.21. The normalized spacial score (nSPS) is 22.0. The van der Waals surface area contributed by atoms with Gasteiger partial charge in [-0.05, 0) is 44.3 Å². The summed E-state index contributed by atoms with van der Waals surface area (Å²) in [5.74, 6) is 0.820. The van der Waals surface area contributed by atoms with Gasteiger partial charge < -0.3 is 15.4 Å². The Hall–Kier alpha value is -1.66. The van der Waals surface area contributed by atoms with Crippen LogP contribution in [0.4, 0.5) is 9.18 Å². The van der Waals surface area contributed by atoms with Crippen LogP contribution >= 0.6 is 0 Å². The summed E-state index contributed by atoms with van der Waals surface area (Å²) in [5, 5.41) is 5.91. The average Bonchev–Trinajstić information content (AvgIpc) is 3.15. The molecule has 3 rings (SSSR count). The van der Waals surface area contributed by atoms with Gasteiger partial charge in [-0.1, -0.05) is 18.2 Å². The van der Waals surface area contributed by atoms with Crippen molar-refractivity contribution in [1.29, 1.82) is 0 Å². The first kappa shape index (κ1) is 18.1. The molecule has 6 heteroatoms. The van der Waals surface area contributed by atoms with E-state index in [1.165, 1.54) is 6.07 Å². The predicted octanol–water partition coefficient (Wildman–Crippen LogP) is 2.37. The molecule has 138 valence electrons. The average molecular weight is 349 g/mol. The van der Waals surface area contributed by atoms with Crippen LogP contribution in [0.3, 0.4) is 0 Å². The third kappa shape index (κ3) is 5.68. The van der Waals surface area contributed by atoms with Crippen molar-refractivity contribution in [2.75, 3.05) is 39.4 Å². The number of nitrogens with one attached hydrogen (secondary N) is 2. The molecule has 0 unspecified atom stereocenters. The first-order valence-electron chi connectivity index (χ1n) is 9.26. The zero-order valence-electron chi connectivity index (χ0n) is 14.7. The number of urea groups is 1. The number of halogens is 1. The van der Waals surface area contributed by atoms with E-state index >= 15 is 0 Å². The van der Waals surface area contributed by atoms with Crippen LogP contribution in [0.5, 0.6) is 0 Å². The lowest BCUT2D eigenvalue weighted by atomic mass is 9.96. The van der Waals surface area contributed by atoms with E-state index in [4.69, 9.17) is 4.74 Å². The summed E-state index contributed by atoms with van der Waals surface area (Å²) in [7, 11) is 0. The third-order valence-electron chi connectivity index (χ3n) is 5.19. The number of nitrogens with zero attached hydrogens (tertiary/aromatic N) is 1. The number of carbonyl (C=O) groups excluding carboxylic acids is 1. The lowest BCUT2D eigenvalue weighted by Crippen LogP contribution is -2.43. The van der Waals surface area contributed by atoms with Gasteiger partial charge in [0.25, 0.3) is 0 Å². The van der Waals surface area contributed by atoms with Crippen molar-refractivity contribution in [2.45, 2.75) is 25.8 Å². The molecular formula is C19H28FN3O2. The Kier molecular flexibility index (Phi) is 6.64. The molecule has 1 aromatic rings. The van der Waals surface area contributed by atoms with Crippen LogP contribution in [-0.4, -0.2) is 50.3 Å². The number of piperidine rings is 1. The van der Waals surface area contributed by atoms with Gasteiger partial charge in [-0.15, -0.1) is 0 Å². The van der Waals surface area contributed by atoms with Crippen LogP contribution < -0.4 is 10.6 Å². The number of hydrogen-bond donors (Lipinski definition) is 2. The van der Waals surface area contributed by atoms with Crippen molar-refractivity contribution in [3.05, 3.63) is 35.6 Å². The molecule has 0 aliphatic carbocycles. The maximum atomic E-state index is 13.7. The van der Waals surface area contributed by atoms with Crippen LogP contribution in [0.25, 0.3) is 0 Å². The Balaban J connectivity index is 1.31. The summed E-state index contributed by atoms with van der Waals surface area (Å²) in [5.41, 5.74) is 0.759. The second-order valence-electron chi connectivity index (χ2n) is 7.13. The van der Waals surface area contributed by atoms with E-state index in [0.29, 0.717) is 31.5 Å². The zero-order chi connectivity index (χ0) is 17.5. The zero-order valence-corrected chi connectivity index (χ0v) is 14.7. The van der Waals surface area contributed by atoms with Crippen LogP contribution in [0, 0.1) is 17.7 Å². The number of amides is 2. The summed E-state index contributed by atoms with van der Waals surface area (Å²) < 4.78 is 19.0. The van der Waals surface area contributed by atoms with Crippen molar-refractivity contribution < 1.29 is 13.9 Å². The molecule has 5 nitrogen and oxygen atoms in total. The Morgan fingerprint density at radius 2 is 1.84 bits per heavy atom. The van der Waals surface area contributed by atoms with Gasteiger partial charge in [0, 0.05) is 37.7 Å². The summed E-state index contributed by atoms with van der Waals surface area (Å²) >= 11 is 0. The second kappa shape index (κ2) is 9.15. The minimum absolute atomic E-state index is 0.0827. The van der Waals surface area contributed by atoms with Crippen molar-refractivity contribution in [3.8, 4) is 0 Å². The maximum Gasteiger partial charge on any atom is 0.314 e. The molecule has 2 heterocycles. The highest BCUT2D eigenvalue weighted by Crippen LogP contribution is 2.19. The Morgan fingerprint density at radius 3 is 2.52 bits per heavy atom. The van der Waals surface area contributed by atoms with Gasteiger partial charge in [0.2, 0.25) is 0 Å². The Morgan fingerprint density at radius 1 is 1.12 bits per heavy atom. The molecule has 0 saturated carbocycles. The standard InChI is InChI=1S/C19H28FN3O2/c20-18-4-2-1-3-17(18)13-23-8-5-15(6-9-23)11-21-19(24)22-12-16-7-10-25-14-16/h1-4,15-16H,5-14H2,(H2,21,22,24)/t16-/m0/s1. The summed E-state index contributed by atoms with van der Waals surface area (Å²) in [4.78, 5) is 14.2.